The van der Waals surface area contributed by atoms with Gasteiger partial charge in [0.25, 0.3) is 11.5 Å². The Hall–Kier alpha value is -2.80. The molecule has 0 atom stereocenters. The fourth-order valence-corrected chi connectivity index (χ4v) is 2.71. The number of para-hydroxylation sites is 1. The lowest BCUT2D eigenvalue weighted by Gasteiger charge is -2.20. The number of aromatic nitrogens is 1. The molecule has 0 spiro atoms. The number of hydrogen-bond donors (Lipinski definition) is 1. The lowest BCUT2D eigenvalue weighted by Crippen LogP contribution is -2.37. The van der Waals surface area contributed by atoms with E-state index in [1.807, 2.05) is 6.92 Å². The number of carboxylic acid groups (broad SMARTS) is 1. The second-order valence-corrected chi connectivity index (χ2v) is 6.26. The number of rotatable bonds is 9. The molecule has 2 aromatic rings. The number of hydrogen-bond acceptors (Lipinski definition) is 4. The number of carbonyl (C=O) groups excluding carboxylic acids is 1. The van der Waals surface area contributed by atoms with Crippen LogP contribution in [0.2, 0.25) is 5.02 Å². The standard InChI is InChI=1S/C19H21ClN2O5/c1-2-9-22(13-18(24)25)19(26)14-7-8-17(23)21(12-14)10-11-27-16-6-4-3-5-15(16)20/h3-8,12H,2,9-11,13H2,1H3,(H,24,25). The minimum Gasteiger partial charge on any atom is -0.490 e. The Bertz CT molecular complexity index is 865. The van der Waals surface area contributed by atoms with Crippen LogP contribution in [0.15, 0.2) is 47.4 Å². The van der Waals surface area contributed by atoms with E-state index < -0.39 is 11.9 Å². The number of ether oxygens (including phenoxy) is 1. The van der Waals surface area contributed by atoms with Gasteiger partial charge in [0.05, 0.1) is 17.1 Å². The minimum atomic E-state index is -1.08. The molecule has 1 amide bonds. The summed E-state index contributed by atoms with van der Waals surface area (Å²) < 4.78 is 6.93. The van der Waals surface area contributed by atoms with Gasteiger partial charge in [0.15, 0.2) is 0 Å². The van der Waals surface area contributed by atoms with Crippen molar-refractivity contribution >= 4 is 23.5 Å². The van der Waals surface area contributed by atoms with E-state index in [-0.39, 0.29) is 30.8 Å². The van der Waals surface area contributed by atoms with E-state index in [0.29, 0.717) is 23.7 Å². The summed E-state index contributed by atoms with van der Waals surface area (Å²) in [6.07, 6.45) is 2.05. The molecule has 1 aromatic carbocycles. The highest BCUT2D eigenvalue weighted by atomic mass is 35.5. The van der Waals surface area contributed by atoms with Gasteiger partial charge in [0.2, 0.25) is 0 Å². The van der Waals surface area contributed by atoms with Crippen molar-refractivity contribution in [1.82, 2.24) is 9.47 Å². The van der Waals surface area contributed by atoms with Gasteiger partial charge in [-0.05, 0) is 24.6 Å². The first-order chi connectivity index (χ1) is 12.9. The summed E-state index contributed by atoms with van der Waals surface area (Å²) in [6.45, 7) is 2.20. The van der Waals surface area contributed by atoms with Gasteiger partial charge in [-0.15, -0.1) is 0 Å². The van der Waals surface area contributed by atoms with Crippen molar-refractivity contribution in [3.05, 3.63) is 63.5 Å². The molecule has 0 aliphatic carbocycles. The van der Waals surface area contributed by atoms with Crippen molar-refractivity contribution in [3.63, 3.8) is 0 Å². The average molecular weight is 393 g/mol. The summed E-state index contributed by atoms with van der Waals surface area (Å²) in [4.78, 5) is 36.8. The van der Waals surface area contributed by atoms with E-state index in [9.17, 15) is 14.4 Å². The smallest absolute Gasteiger partial charge is 0.323 e. The topological polar surface area (TPSA) is 88.8 Å². The van der Waals surface area contributed by atoms with Gasteiger partial charge in [-0.25, -0.2) is 0 Å². The Morgan fingerprint density at radius 3 is 2.63 bits per heavy atom. The summed E-state index contributed by atoms with van der Waals surface area (Å²) in [7, 11) is 0. The fraction of sp³-hybridized carbons (Fsp3) is 0.316. The van der Waals surface area contributed by atoms with E-state index in [2.05, 4.69) is 0 Å². The molecule has 0 fully saturated rings. The molecule has 0 bridgehead atoms. The lowest BCUT2D eigenvalue weighted by atomic mass is 10.2. The highest BCUT2D eigenvalue weighted by molar-refractivity contribution is 6.32. The molecular weight excluding hydrogens is 372 g/mol. The molecule has 1 N–H and O–H groups in total. The molecule has 144 valence electrons. The van der Waals surface area contributed by atoms with E-state index in [4.69, 9.17) is 21.4 Å². The highest BCUT2D eigenvalue weighted by Crippen LogP contribution is 2.22. The van der Waals surface area contributed by atoms with Crippen molar-refractivity contribution in [2.24, 2.45) is 0 Å². The van der Waals surface area contributed by atoms with E-state index in [1.165, 1.54) is 27.8 Å². The maximum Gasteiger partial charge on any atom is 0.323 e. The predicted octanol–water partition coefficient (Wildman–Crippen LogP) is 2.52. The van der Waals surface area contributed by atoms with Crippen molar-refractivity contribution in [2.75, 3.05) is 19.7 Å². The van der Waals surface area contributed by atoms with Gasteiger partial charge in [-0.1, -0.05) is 30.7 Å². The molecule has 2 rings (SSSR count). The SMILES string of the molecule is CCCN(CC(=O)O)C(=O)c1ccc(=O)n(CCOc2ccccc2Cl)c1. The molecule has 1 heterocycles. The van der Waals surface area contributed by atoms with Crippen molar-refractivity contribution < 1.29 is 19.4 Å². The first-order valence-corrected chi connectivity index (χ1v) is 8.89. The van der Waals surface area contributed by atoms with Gasteiger partial charge in [0.1, 0.15) is 18.9 Å². The maximum absolute atomic E-state index is 12.6. The molecule has 0 unspecified atom stereocenters. The van der Waals surface area contributed by atoms with Crippen LogP contribution < -0.4 is 10.3 Å². The second kappa shape index (κ2) is 9.78. The van der Waals surface area contributed by atoms with Gasteiger partial charge in [0, 0.05) is 18.8 Å². The molecule has 27 heavy (non-hydrogen) atoms. The van der Waals surface area contributed by atoms with Crippen molar-refractivity contribution in [3.8, 4) is 5.75 Å². The Morgan fingerprint density at radius 2 is 1.96 bits per heavy atom. The Balaban J connectivity index is 2.10. The van der Waals surface area contributed by atoms with Crippen molar-refractivity contribution in [1.29, 1.82) is 0 Å². The van der Waals surface area contributed by atoms with Crippen LogP contribution >= 0.6 is 11.6 Å². The van der Waals surface area contributed by atoms with Gasteiger partial charge in [-0.2, -0.15) is 0 Å². The van der Waals surface area contributed by atoms with Crippen LogP contribution in [0.1, 0.15) is 23.7 Å². The van der Waals surface area contributed by atoms with Crippen molar-refractivity contribution in [2.45, 2.75) is 19.9 Å². The van der Waals surface area contributed by atoms with E-state index in [1.54, 1.807) is 24.3 Å². The third kappa shape index (κ3) is 5.86. The van der Waals surface area contributed by atoms with Gasteiger partial charge in [-0.3, -0.25) is 14.4 Å². The number of benzene rings is 1. The van der Waals surface area contributed by atoms with Crippen LogP contribution in [0, 0.1) is 0 Å². The second-order valence-electron chi connectivity index (χ2n) is 5.85. The monoisotopic (exact) mass is 392 g/mol. The zero-order chi connectivity index (χ0) is 19.8. The fourth-order valence-electron chi connectivity index (χ4n) is 2.52. The Morgan fingerprint density at radius 1 is 1.22 bits per heavy atom. The zero-order valence-electron chi connectivity index (χ0n) is 14.9. The summed E-state index contributed by atoms with van der Waals surface area (Å²) >= 11 is 6.02. The van der Waals surface area contributed by atoms with Crippen LogP contribution in [0.3, 0.4) is 0 Å². The van der Waals surface area contributed by atoms with Gasteiger partial charge >= 0.3 is 5.97 Å². The number of halogens is 1. The molecule has 0 saturated carbocycles. The first kappa shape index (κ1) is 20.5. The Labute approximate surface area is 161 Å². The third-order valence-corrected chi connectivity index (χ3v) is 4.08. The lowest BCUT2D eigenvalue weighted by molar-refractivity contribution is -0.137. The van der Waals surface area contributed by atoms with E-state index >= 15 is 0 Å². The molecule has 1 aromatic heterocycles. The summed E-state index contributed by atoms with van der Waals surface area (Å²) in [5, 5.41) is 9.45. The largest absolute Gasteiger partial charge is 0.490 e. The molecular formula is C19H21ClN2O5. The molecule has 0 radical (unpaired) electrons. The highest BCUT2D eigenvalue weighted by Gasteiger charge is 2.18. The molecule has 0 aliphatic heterocycles. The normalized spacial score (nSPS) is 10.4. The number of amides is 1. The number of carboxylic acids is 1. The average Bonchev–Trinajstić information content (AvgIpc) is 2.63. The molecule has 8 heteroatoms. The van der Waals surface area contributed by atoms with Crippen LogP contribution in [0.4, 0.5) is 0 Å². The number of carbonyl (C=O) groups is 2. The number of nitrogens with zero attached hydrogens (tertiary/aromatic N) is 2. The first-order valence-electron chi connectivity index (χ1n) is 8.51. The number of pyridine rings is 1. The number of aliphatic carboxylic acids is 1. The molecule has 0 aliphatic rings. The maximum atomic E-state index is 12.6. The zero-order valence-corrected chi connectivity index (χ0v) is 15.7. The van der Waals surface area contributed by atoms with Crippen LogP contribution in [0.25, 0.3) is 0 Å². The van der Waals surface area contributed by atoms with Crippen LogP contribution in [0.5, 0.6) is 5.75 Å². The predicted molar refractivity (Wildman–Crippen MR) is 101 cm³/mol. The summed E-state index contributed by atoms with van der Waals surface area (Å²) in [5.74, 6) is -1.01. The van der Waals surface area contributed by atoms with E-state index in [0.717, 1.165) is 0 Å². The third-order valence-electron chi connectivity index (χ3n) is 3.76. The van der Waals surface area contributed by atoms with Gasteiger partial charge < -0.3 is 19.3 Å². The molecule has 7 nitrogen and oxygen atoms in total. The minimum absolute atomic E-state index is 0.190. The van der Waals surface area contributed by atoms with Crippen LogP contribution in [-0.4, -0.2) is 46.1 Å². The van der Waals surface area contributed by atoms with Crippen LogP contribution in [-0.2, 0) is 11.3 Å². The summed E-state index contributed by atoms with van der Waals surface area (Å²) in [6, 6.07) is 9.69. The quantitative estimate of drug-likeness (QED) is 0.708. The Kier molecular flexibility index (Phi) is 7.43. The molecule has 0 saturated heterocycles. The summed E-state index contributed by atoms with van der Waals surface area (Å²) in [5.41, 5.74) is -0.0309.